The van der Waals surface area contributed by atoms with E-state index < -0.39 is 0 Å². The van der Waals surface area contributed by atoms with Gasteiger partial charge in [0.1, 0.15) is 0 Å². The molecule has 2 aliphatic rings. The van der Waals surface area contributed by atoms with E-state index in [4.69, 9.17) is 4.74 Å². The van der Waals surface area contributed by atoms with E-state index in [9.17, 15) is 9.59 Å². The van der Waals surface area contributed by atoms with Gasteiger partial charge in [0.25, 0.3) is 0 Å². The molecule has 2 saturated heterocycles. The molecule has 2 rings (SSSR count). The summed E-state index contributed by atoms with van der Waals surface area (Å²) in [6.07, 6.45) is 3.44. The summed E-state index contributed by atoms with van der Waals surface area (Å²) < 4.78 is 5.27. The largest absolute Gasteiger partial charge is 0.378 e. The smallest absolute Gasteiger partial charge is 0.246 e. The molecule has 0 spiro atoms. The predicted molar refractivity (Wildman–Crippen MR) is 76.1 cm³/mol. The number of piperidine rings is 1. The molecular formula is C15H24N2O3. The van der Waals surface area contributed by atoms with E-state index in [-0.39, 0.29) is 17.7 Å². The summed E-state index contributed by atoms with van der Waals surface area (Å²) in [5, 5.41) is 0. The lowest BCUT2D eigenvalue weighted by molar-refractivity contribution is -0.143. The highest BCUT2D eigenvalue weighted by Gasteiger charge is 2.31. The third-order valence-corrected chi connectivity index (χ3v) is 3.82. The molecule has 0 aromatic heterocycles. The molecule has 5 heteroatoms. The second kappa shape index (κ2) is 6.88. The van der Waals surface area contributed by atoms with E-state index in [0.29, 0.717) is 32.8 Å². The fraction of sp³-hybridized carbons (Fsp3) is 0.733. The zero-order valence-electron chi connectivity index (χ0n) is 12.4. The summed E-state index contributed by atoms with van der Waals surface area (Å²) >= 11 is 0. The summed E-state index contributed by atoms with van der Waals surface area (Å²) in [6, 6.07) is 0. The van der Waals surface area contributed by atoms with E-state index in [1.165, 1.54) is 0 Å². The zero-order valence-corrected chi connectivity index (χ0v) is 12.4. The highest BCUT2D eigenvalue weighted by atomic mass is 16.5. The van der Waals surface area contributed by atoms with Gasteiger partial charge in [-0.3, -0.25) is 9.59 Å². The van der Waals surface area contributed by atoms with Crippen LogP contribution < -0.4 is 0 Å². The van der Waals surface area contributed by atoms with Crippen molar-refractivity contribution in [2.45, 2.75) is 26.7 Å². The fourth-order valence-corrected chi connectivity index (χ4v) is 2.76. The average molecular weight is 280 g/mol. The Hall–Kier alpha value is -1.36. The highest BCUT2D eigenvalue weighted by molar-refractivity contribution is 5.89. The Balaban J connectivity index is 1.94. The lowest BCUT2D eigenvalue weighted by Gasteiger charge is -2.35. The molecule has 2 amide bonds. The number of ether oxygens (including phenoxy) is 1. The molecule has 2 aliphatic heterocycles. The molecule has 0 aliphatic carbocycles. The van der Waals surface area contributed by atoms with Gasteiger partial charge in [-0.1, -0.05) is 5.57 Å². The SMILES string of the molecule is CC(C)=CC(=O)N1CCCC(C(=O)N2CCOCC2)C1. The minimum Gasteiger partial charge on any atom is -0.378 e. The van der Waals surface area contributed by atoms with E-state index in [1.54, 1.807) is 11.0 Å². The molecule has 1 atom stereocenters. The highest BCUT2D eigenvalue weighted by Crippen LogP contribution is 2.20. The van der Waals surface area contributed by atoms with Crippen LogP contribution in [0.25, 0.3) is 0 Å². The first kappa shape index (κ1) is 15.0. The van der Waals surface area contributed by atoms with Crippen molar-refractivity contribution in [2.24, 2.45) is 5.92 Å². The summed E-state index contributed by atoms with van der Waals surface area (Å²) in [5.74, 6) is 0.170. The maximum absolute atomic E-state index is 12.5. The molecule has 0 saturated carbocycles. The van der Waals surface area contributed by atoms with Crippen LogP contribution in [-0.4, -0.2) is 61.0 Å². The Morgan fingerprint density at radius 2 is 1.80 bits per heavy atom. The number of allylic oxidation sites excluding steroid dienone is 1. The number of likely N-dealkylation sites (tertiary alicyclic amines) is 1. The van der Waals surface area contributed by atoms with Gasteiger partial charge in [-0.2, -0.15) is 0 Å². The van der Waals surface area contributed by atoms with Gasteiger partial charge in [0.15, 0.2) is 0 Å². The first-order valence-corrected chi connectivity index (χ1v) is 7.38. The lowest BCUT2D eigenvalue weighted by atomic mass is 9.96. The number of hydrogen-bond donors (Lipinski definition) is 0. The normalized spacial score (nSPS) is 23.4. The van der Waals surface area contributed by atoms with E-state index in [2.05, 4.69) is 0 Å². The molecule has 5 nitrogen and oxygen atoms in total. The number of carbonyl (C=O) groups is 2. The summed E-state index contributed by atoms with van der Waals surface area (Å²) in [4.78, 5) is 28.2. The molecule has 0 aromatic rings. The molecular weight excluding hydrogens is 256 g/mol. The summed E-state index contributed by atoms with van der Waals surface area (Å²) in [7, 11) is 0. The van der Waals surface area contributed by atoms with Gasteiger partial charge in [-0.15, -0.1) is 0 Å². The fourth-order valence-electron chi connectivity index (χ4n) is 2.76. The number of hydrogen-bond acceptors (Lipinski definition) is 3. The van der Waals surface area contributed by atoms with Crippen molar-refractivity contribution in [1.82, 2.24) is 9.80 Å². The van der Waals surface area contributed by atoms with Crippen molar-refractivity contribution < 1.29 is 14.3 Å². The van der Waals surface area contributed by atoms with Crippen LogP contribution >= 0.6 is 0 Å². The van der Waals surface area contributed by atoms with Crippen molar-refractivity contribution >= 4 is 11.8 Å². The minimum absolute atomic E-state index is 0.0319. The van der Waals surface area contributed by atoms with Crippen molar-refractivity contribution in [3.05, 3.63) is 11.6 Å². The molecule has 2 heterocycles. The van der Waals surface area contributed by atoms with E-state index in [1.807, 2.05) is 18.7 Å². The van der Waals surface area contributed by atoms with Gasteiger partial charge in [0, 0.05) is 32.3 Å². The molecule has 112 valence electrons. The van der Waals surface area contributed by atoms with Gasteiger partial charge in [0.2, 0.25) is 11.8 Å². The number of morpholine rings is 1. The number of nitrogens with zero attached hydrogens (tertiary/aromatic N) is 2. The number of amides is 2. The molecule has 0 N–H and O–H groups in total. The molecule has 2 fully saturated rings. The lowest BCUT2D eigenvalue weighted by Crippen LogP contribution is -2.49. The molecule has 20 heavy (non-hydrogen) atoms. The van der Waals surface area contributed by atoms with Gasteiger partial charge in [-0.25, -0.2) is 0 Å². The molecule has 0 radical (unpaired) electrons. The van der Waals surface area contributed by atoms with E-state index in [0.717, 1.165) is 25.0 Å². The van der Waals surface area contributed by atoms with Crippen LogP contribution in [0.2, 0.25) is 0 Å². The van der Waals surface area contributed by atoms with Crippen LogP contribution in [0.5, 0.6) is 0 Å². The third kappa shape index (κ3) is 3.82. The van der Waals surface area contributed by atoms with Crippen LogP contribution in [0, 0.1) is 5.92 Å². The quantitative estimate of drug-likeness (QED) is 0.710. The summed E-state index contributed by atoms with van der Waals surface area (Å²) in [6.45, 7) is 7.75. The van der Waals surface area contributed by atoms with Crippen molar-refractivity contribution in [3.63, 3.8) is 0 Å². The molecule has 0 bridgehead atoms. The molecule has 1 unspecified atom stereocenters. The van der Waals surface area contributed by atoms with Crippen LogP contribution in [0.15, 0.2) is 11.6 Å². The maximum Gasteiger partial charge on any atom is 0.246 e. The van der Waals surface area contributed by atoms with Crippen molar-refractivity contribution in [3.8, 4) is 0 Å². The van der Waals surface area contributed by atoms with Crippen molar-refractivity contribution in [2.75, 3.05) is 39.4 Å². The molecule has 0 aromatic carbocycles. The van der Waals surface area contributed by atoms with Gasteiger partial charge < -0.3 is 14.5 Å². The third-order valence-electron chi connectivity index (χ3n) is 3.82. The van der Waals surface area contributed by atoms with Gasteiger partial charge >= 0.3 is 0 Å². The standard InChI is InChI=1S/C15H24N2O3/c1-12(2)10-14(18)17-5-3-4-13(11-17)15(19)16-6-8-20-9-7-16/h10,13H,3-9,11H2,1-2H3. The van der Waals surface area contributed by atoms with Crippen LogP contribution in [-0.2, 0) is 14.3 Å². The topological polar surface area (TPSA) is 49.9 Å². The Bertz CT molecular complexity index is 396. The first-order chi connectivity index (χ1) is 9.58. The average Bonchev–Trinajstić information content (AvgIpc) is 2.47. The van der Waals surface area contributed by atoms with E-state index >= 15 is 0 Å². The second-order valence-electron chi connectivity index (χ2n) is 5.78. The summed E-state index contributed by atoms with van der Waals surface area (Å²) in [5.41, 5.74) is 0.997. The minimum atomic E-state index is -0.0450. The number of carbonyl (C=O) groups excluding carboxylic acids is 2. The maximum atomic E-state index is 12.5. The van der Waals surface area contributed by atoms with Crippen LogP contribution in [0.3, 0.4) is 0 Å². The first-order valence-electron chi connectivity index (χ1n) is 7.38. The predicted octanol–water partition coefficient (Wildman–Crippen LogP) is 1.05. The van der Waals surface area contributed by atoms with Gasteiger partial charge in [0.05, 0.1) is 19.1 Å². The monoisotopic (exact) mass is 280 g/mol. The number of rotatable bonds is 2. The zero-order chi connectivity index (χ0) is 14.5. The second-order valence-corrected chi connectivity index (χ2v) is 5.78. The Morgan fingerprint density at radius 3 is 2.45 bits per heavy atom. The van der Waals surface area contributed by atoms with Crippen LogP contribution in [0.1, 0.15) is 26.7 Å². The van der Waals surface area contributed by atoms with Crippen molar-refractivity contribution in [1.29, 1.82) is 0 Å². The Morgan fingerprint density at radius 1 is 1.10 bits per heavy atom. The Kier molecular flexibility index (Phi) is 5.17. The van der Waals surface area contributed by atoms with Gasteiger partial charge in [-0.05, 0) is 26.7 Å². The van der Waals surface area contributed by atoms with Crippen LogP contribution in [0.4, 0.5) is 0 Å². The Labute approximate surface area is 120 Å².